The lowest BCUT2D eigenvalue weighted by atomic mass is 10.3. The van der Waals surface area contributed by atoms with E-state index in [1.54, 1.807) is 11.3 Å². The van der Waals surface area contributed by atoms with Gasteiger partial charge in [-0.3, -0.25) is 9.59 Å². The molecule has 0 radical (unpaired) electrons. The summed E-state index contributed by atoms with van der Waals surface area (Å²) in [6.45, 7) is 6.65. The van der Waals surface area contributed by atoms with Gasteiger partial charge in [-0.25, -0.2) is 0 Å². The number of amides is 2. The molecule has 3 N–H and O–H groups in total. The van der Waals surface area contributed by atoms with Crippen LogP contribution < -0.4 is 16.0 Å². The molecule has 0 aliphatic heterocycles. The maximum absolute atomic E-state index is 11.4. The van der Waals surface area contributed by atoms with E-state index in [0.29, 0.717) is 19.5 Å². The summed E-state index contributed by atoms with van der Waals surface area (Å²) in [6, 6.07) is 2.06. The van der Waals surface area contributed by atoms with Crippen LogP contribution in [0, 0.1) is 0 Å². The van der Waals surface area contributed by atoms with Crippen molar-refractivity contribution >= 4 is 28.8 Å². The third kappa shape index (κ3) is 6.35. The Morgan fingerprint density at radius 3 is 2.74 bits per heavy atom. The molecule has 0 saturated carbocycles. The monoisotopic (exact) mass is 283 g/mol. The second-order valence-electron chi connectivity index (χ2n) is 4.59. The minimum absolute atomic E-state index is 0.0516. The van der Waals surface area contributed by atoms with E-state index >= 15 is 0 Å². The standard InChI is InChI=1S/C13H21N3O2S/c1-9(2)15-13(18)4-6-14-8-12-11(5-7-19-12)16-10(3)17/h5,7,9,14H,4,6,8H2,1-3H3,(H,15,18)(H,16,17). The number of hydrogen-bond donors (Lipinski definition) is 3. The third-order valence-electron chi connectivity index (χ3n) is 2.32. The number of nitrogens with one attached hydrogen (secondary N) is 3. The normalized spacial score (nSPS) is 10.5. The number of rotatable bonds is 7. The summed E-state index contributed by atoms with van der Waals surface area (Å²) in [5.41, 5.74) is 0.844. The topological polar surface area (TPSA) is 70.2 Å². The molecule has 0 aliphatic carbocycles. The van der Waals surface area contributed by atoms with Crippen molar-refractivity contribution < 1.29 is 9.59 Å². The molecule has 6 heteroatoms. The van der Waals surface area contributed by atoms with E-state index in [1.165, 1.54) is 6.92 Å². The molecular formula is C13H21N3O2S. The molecule has 1 rings (SSSR count). The van der Waals surface area contributed by atoms with E-state index in [4.69, 9.17) is 0 Å². The van der Waals surface area contributed by atoms with Crippen molar-refractivity contribution in [2.24, 2.45) is 0 Å². The largest absolute Gasteiger partial charge is 0.354 e. The average molecular weight is 283 g/mol. The van der Waals surface area contributed by atoms with Crippen LogP contribution in [0.15, 0.2) is 11.4 Å². The van der Waals surface area contributed by atoms with Crippen LogP contribution in [0.2, 0.25) is 0 Å². The quantitative estimate of drug-likeness (QED) is 0.667. The Morgan fingerprint density at radius 1 is 1.37 bits per heavy atom. The Bertz CT molecular complexity index is 429. The van der Waals surface area contributed by atoms with Gasteiger partial charge in [0.15, 0.2) is 0 Å². The highest BCUT2D eigenvalue weighted by atomic mass is 32.1. The maximum atomic E-state index is 11.4. The van der Waals surface area contributed by atoms with Crippen LogP contribution in [0.5, 0.6) is 0 Å². The second kappa shape index (κ2) is 7.91. The number of thiophene rings is 1. The lowest BCUT2D eigenvalue weighted by Crippen LogP contribution is -2.32. The van der Waals surface area contributed by atoms with Gasteiger partial charge >= 0.3 is 0 Å². The van der Waals surface area contributed by atoms with Gasteiger partial charge in [-0.1, -0.05) is 0 Å². The van der Waals surface area contributed by atoms with Gasteiger partial charge in [0.05, 0.1) is 5.69 Å². The van der Waals surface area contributed by atoms with E-state index in [0.717, 1.165) is 10.6 Å². The van der Waals surface area contributed by atoms with Crippen LogP contribution in [0.3, 0.4) is 0 Å². The van der Waals surface area contributed by atoms with Crippen LogP contribution in [-0.4, -0.2) is 24.4 Å². The number of carbonyl (C=O) groups excluding carboxylic acids is 2. The van der Waals surface area contributed by atoms with Gasteiger partial charge in [-0.05, 0) is 25.3 Å². The van der Waals surface area contributed by atoms with E-state index in [-0.39, 0.29) is 17.9 Å². The summed E-state index contributed by atoms with van der Waals surface area (Å²) in [5, 5.41) is 10.8. The number of carbonyl (C=O) groups is 2. The first-order valence-electron chi connectivity index (χ1n) is 6.33. The van der Waals surface area contributed by atoms with Gasteiger partial charge in [-0.2, -0.15) is 0 Å². The molecule has 0 saturated heterocycles. The summed E-state index contributed by atoms with van der Waals surface area (Å²) < 4.78 is 0. The Labute approximate surface area is 117 Å². The number of hydrogen-bond acceptors (Lipinski definition) is 4. The smallest absolute Gasteiger partial charge is 0.221 e. The molecule has 0 aliphatic rings. The first kappa shape index (κ1) is 15.7. The predicted octanol–water partition coefficient (Wildman–Crippen LogP) is 1.71. The third-order valence-corrected chi connectivity index (χ3v) is 3.24. The maximum Gasteiger partial charge on any atom is 0.221 e. The van der Waals surface area contributed by atoms with E-state index in [1.807, 2.05) is 25.3 Å². The van der Waals surface area contributed by atoms with Crippen molar-refractivity contribution in [3.8, 4) is 0 Å². The van der Waals surface area contributed by atoms with Crippen molar-refractivity contribution in [2.75, 3.05) is 11.9 Å². The SMILES string of the molecule is CC(=O)Nc1ccsc1CNCCC(=O)NC(C)C. The molecule has 106 valence electrons. The Hall–Kier alpha value is -1.40. The highest BCUT2D eigenvalue weighted by Gasteiger charge is 2.06. The molecule has 1 aromatic heterocycles. The van der Waals surface area contributed by atoms with E-state index in [9.17, 15) is 9.59 Å². The Kier molecular flexibility index (Phi) is 6.52. The molecule has 19 heavy (non-hydrogen) atoms. The lowest BCUT2D eigenvalue weighted by molar-refractivity contribution is -0.121. The zero-order valence-electron chi connectivity index (χ0n) is 11.6. The van der Waals surface area contributed by atoms with Gasteiger partial charge in [-0.15, -0.1) is 11.3 Å². The zero-order chi connectivity index (χ0) is 14.3. The molecule has 0 fully saturated rings. The molecule has 1 heterocycles. The second-order valence-corrected chi connectivity index (χ2v) is 5.59. The average Bonchev–Trinajstić information content (AvgIpc) is 2.70. The first-order chi connectivity index (χ1) is 8.99. The molecule has 1 aromatic rings. The van der Waals surface area contributed by atoms with Gasteiger partial charge < -0.3 is 16.0 Å². The number of anilines is 1. The van der Waals surface area contributed by atoms with Gasteiger partial charge in [0, 0.05) is 37.4 Å². The summed E-state index contributed by atoms with van der Waals surface area (Å²) in [4.78, 5) is 23.5. The predicted molar refractivity (Wildman–Crippen MR) is 78.2 cm³/mol. The highest BCUT2D eigenvalue weighted by molar-refractivity contribution is 7.10. The van der Waals surface area contributed by atoms with Crippen LogP contribution in [0.25, 0.3) is 0 Å². The molecule has 0 aromatic carbocycles. The highest BCUT2D eigenvalue weighted by Crippen LogP contribution is 2.21. The molecular weight excluding hydrogens is 262 g/mol. The summed E-state index contributed by atoms with van der Waals surface area (Å²) in [6.07, 6.45) is 0.457. The molecule has 0 bridgehead atoms. The molecule has 0 unspecified atom stereocenters. The van der Waals surface area contributed by atoms with Crippen LogP contribution in [0.1, 0.15) is 32.1 Å². The first-order valence-corrected chi connectivity index (χ1v) is 7.21. The van der Waals surface area contributed by atoms with Gasteiger partial charge in [0.1, 0.15) is 0 Å². The van der Waals surface area contributed by atoms with Crippen LogP contribution >= 0.6 is 11.3 Å². The van der Waals surface area contributed by atoms with Crippen molar-refractivity contribution in [3.05, 3.63) is 16.3 Å². The summed E-state index contributed by atoms with van der Waals surface area (Å²) >= 11 is 1.58. The zero-order valence-corrected chi connectivity index (χ0v) is 12.4. The van der Waals surface area contributed by atoms with Crippen molar-refractivity contribution in [3.63, 3.8) is 0 Å². The molecule has 0 spiro atoms. The summed E-state index contributed by atoms with van der Waals surface area (Å²) in [7, 11) is 0. The fraction of sp³-hybridized carbons (Fsp3) is 0.538. The Balaban J connectivity index is 2.28. The fourth-order valence-electron chi connectivity index (χ4n) is 1.58. The van der Waals surface area contributed by atoms with Crippen molar-refractivity contribution in [1.82, 2.24) is 10.6 Å². The van der Waals surface area contributed by atoms with Crippen molar-refractivity contribution in [2.45, 2.75) is 39.8 Å². The lowest BCUT2D eigenvalue weighted by Gasteiger charge is -2.09. The minimum Gasteiger partial charge on any atom is -0.354 e. The van der Waals surface area contributed by atoms with E-state index in [2.05, 4.69) is 16.0 Å². The van der Waals surface area contributed by atoms with Crippen molar-refractivity contribution in [1.29, 1.82) is 0 Å². The molecule has 5 nitrogen and oxygen atoms in total. The molecule has 2 amide bonds. The fourth-order valence-corrected chi connectivity index (χ4v) is 2.38. The van der Waals surface area contributed by atoms with Gasteiger partial charge in [0.2, 0.25) is 11.8 Å². The molecule has 0 atom stereocenters. The van der Waals surface area contributed by atoms with E-state index < -0.39 is 0 Å². The minimum atomic E-state index is -0.0732. The van der Waals surface area contributed by atoms with Crippen LogP contribution in [0.4, 0.5) is 5.69 Å². The van der Waals surface area contributed by atoms with Crippen LogP contribution in [-0.2, 0) is 16.1 Å². The van der Waals surface area contributed by atoms with Gasteiger partial charge in [0.25, 0.3) is 0 Å². The Morgan fingerprint density at radius 2 is 2.11 bits per heavy atom. The summed E-state index contributed by atoms with van der Waals surface area (Å²) in [5.74, 6) is -0.0216.